The highest BCUT2D eigenvalue weighted by Crippen LogP contribution is 2.51. The third kappa shape index (κ3) is 14.4. The van der Waals surface area contributed by atoms with Crippen LogP contribution in [0.3, 0.4) is 0 Å². The summed E-state index contributed by atoms with van der Waals surface area (Å²) in [5, 5.41) is 28.6. The highest BCUT2D eigenvalue weighted by atomic mass is 16.3. The summed E-state index contributed by atoms with van der Waals surface area (Å²) in [6.07, 6.45) is 0. The first kappa shape index (κ1) is 81.7. The lowest BCUT2D eigenvalue weighted by atomic mass is 9.97. The van der Waals surface area contributed by atoms with Crippen LogP contribution >= 0.6 is 0 Å². The van der Waals surface area contributed by atoms with Crippen molar-refractivity contribution in [2.75, 3.05) is 14.7 Å². The van der Waals surface area contributed by atoms with Gasteiger partial charge in [-0.2, -0.15) is 0 Å². The van der Waals surface area contributed by atoms with Crippen LogP contribution in [0.5, 0.6) is 0 Å². The van der Waals surface area contributed by atoms with Crippen LogP contribution in [0.4, 0.5) is 51.2 Å². The fourth-order valence-electron chi connectivity index (χ4n) is 21.6. The minimum Gasteiger partial charge on any atom is -0.456 e. The minimum absolute atomic E-state index is 0.867. The summed E-state index contributed by atoms with van der Waals surface area (Å²) in [6, 6.07) is 184. The zero-order valence-corrected chi connectivity index (χ0v) is 76.5. The molecular formula is C134H85N3O4. The van der Waals surface area contributed by atoms with Gasteiger partial charge >= 0.3 is 0 Å². The van der Waals surface area contributed by atoms with Gasteiger partial charge in [0.25, 0.3) is 0 Å². The number of anilines is 9. The molecule has 0 spiro atoms. The van der Waals surface area contributed by atoms with Crippen LogP contribution in [0.2, 0.25) is 0 Å². The average molecular weight is 1800 g/mol. The molecule has 0 atom stereocenters. The largest absolute Gasteiger partial charge is 0.456 e. The molecule has 660 valence electrons. The predicted octanol–water partition coefficient (Wildman–Crippen LogP) is 39.0. The maximum Gasteiger partial charge on any atom is 0.159 e. The molecule has 4 aromatic heterocycles. The molecular weight excluding hydrogens is 1720 g/mol. The van der Waals surface area contributed by atoms with E-state index in [1.165, 1.54) is 125 Å². The first-order valence-electron chi connectivity index (χ1n) is 48.0. The molecule has 29 aromatic rings. The molecule has 0 saturated heterocycles. The van der Waals surface area contributed by atoms with Crippen LogP contribution in [0.1, 0.15) is 0 Å². The van der Waals surface area contributed by atoms with E-state index in [1.807, 2.05) is 12.1 Å². The van der Waals surface area contributed by atoms with E-state index in [9.17, 15) is 0 Å². The third-order valence-corrected chi connectivity index (χ3v) is 28.2. The monoisotopic (exact) mass is 1800 g/mol. The molecule has 25 aromatic carbocycles. The van der Waals surface area contributed by atoms with Crippen molar-refractivity contribution in [3.8, 4) is 44.5 Å². The molecule has 7 nitrogen and oxygen atoms in total. The average Bonchev–Trinajstić information content (AvgIpc) is 1.61. The van der Waals surface area contributed by atoms with Gasteiger partial charge in [-0.3, -0.25) is 0 Å². The number of hydrogen-bond acceptors (Lipinski definition) is 7. The second kappa shape index (κ2) is 34.2. The van der Waals surface area contributed by atoms with Crippen molar-refractivity contribution in [3.05, 3.63) is 516 Å². The number of benzene rings is 25. The Morgan fingerprint density at radius 3 is 0.950 bits per heavy atom. The summed E-state index contributed by atoms with van der Waals surface area (Å²) in [6.45, 7) is 0. The Labute approximate surface area is 811 Å². The van der Waals surface area contributed by atoms with Crippen molar-refractivity contribution in [2.24, 2.45) is 0 Å². The summed E-state index contributed by atoms with van der Waals surface area (Å²) in [5.41, 5.74) is 26.2. The lowest BCUT2D eigenvalue weighted by Crippen LogP contribution is -2.10. The third-order valence-electron chi connectivity index (χ3n) is 28.2. The molecule has 0 amide bonds. The van der Waals surface area contributed by atoms with E-state index in [4.69, 9.17) is 17.7 Å². The molecule has 29 rings (SSSR count). The van der Waals surface area contributed by atoms with Gasteiger partial charge in [0.2, 0.25) is 0 Å². The van der Waals surface area contributed by atoms with E-state index >= 15 is 0 Å². The normalized spacial score (nSPS) is 11.7. The summed E-state index contributed by atoms with van der Waals surface area (Å²) >= 11 is 0. The van der Waals surface area contributed by atoms with Crippen LogP contribution in [-0.2, 0) is 0 Å². The Hall–Kier alpha value is -18.8. The molecule has 141 heavy (non-hydrogen) atoms. The molecule has 0 N–H and O–H groups in total. The van der Waals surface area contributed by atoms with E-state index in [0.717, 1.165) is 145 Å². The van der Waals surface area contributed by atoms with Gasteiger partial charge in [0, 0.05) is 104 Å². The second-order valence-corrected chi connectivity index (χ2v) is 36.4. The van der Waals surface area contributed by atoms with Gasteiger partial charge in [-0.1, -0.05) is 370 Å². The Morgan fingerprint density at radius 2 is 0.411 bits per heavy atom. The maximum atomic E-state index is 6.87. The lowest BCUT2D eigenvalue weighted by Gasteiger charge is -2.27. The van der Waals surface area contributed by atoms with E-state index in [0.29, 0.717) is 0 Å². The molecule has 4 heterocycles. The van der Waals surface area contributed by atoms with E-state index in [2.05, 4.69) is 518 Å². The van der Waals surface area contributed by atoms with Crippen molar-refractivity contribution in [3.63, 3.8) is 0 Å². The topological polar surface area (TPSA) is 62.3 Å². The van der Waals surface area contributed by atoms with Crippen LogP contribution in [-0.4, -0.2) is 0 Å². The number of nitrogens with zero attached hydrogens (tertiary/aromatic N) is 3. The maximum absolute atomic E-state index is 6.87. The zero-order chi connectivity index (χ0) is 93.0. The first-order valence-corrected chi connectivity index (χ1v) is 48.0. The van der Waals surface area contributed by atoms with E-state index < -0.39 is 0 Å². The van der Waals surface area contributed by atoms with E-state index in [1.54, 1.807) is 0 Å². The summed E-state index contributed by atoms with van der Waals surface area (Å²) < 4.78 is 26.1. The number of hydrogen-bond donors (Lipinski definition) is 0. The van der Waals surface area contributed by atoms with Gasteiger partial charge in [-0.05, 0) is 255 Å². The van der Waals surface area contributed by atoms with Gasteiger partial charge in [0.05, 0.1) is 11.4 Å². The number of fused-ring (bicyclic) bond motifs is 26. The zero-order valence-electron chi connectivity index (χ0n) is 76.5. The number of para-hydroxylation sites is 2. The first-order chi connectivity index (χ1) is 69.9. The molecule has 0 aliphatic heterocycles. The van der Waals surface area contributed by atoms with Crippen LogP contribution < -0.4 is 14.7 Å². The van der Waals surface area contributed by atoms with Crippen LogP contribution in [0.25, 0.3) is 218 Å². The second-order valence-electron chi connectivity index (χ2n) is 36.4. The molecule has 0 aliphatic rings. The highest BCUT2D eigenvalue weighted by molar-refractivity contribution is 6.31. The van der Waals surface area contributed by atoms with Crippen LogP contribution in [0, 0.1) is 0 Å². The Morgan fingerprint density at radius 1 is 0.121 bits per heavy atom. The number of furan rings is 4. The van der Waals surface area contributed by atoms with Crippen molar-refractivity contribution in [1.29, 1.82) is 0 Å². The van der Waals surface area contributed by atoms with Crippen molar-refractivity contribution in [1.82, 2.24) is 0 Å². The quantitative estimate of drug-likeness (QED) is 0.107. The Kier molecular flexibility index (Phi) is 19.8. The van der Waals surface area contributed by atoms with Gasteiger partial charge in [-0.25, -0.2) is 0 Å². The van der Waals surface area contributed by atoms with Crippen molar-refractivity contribution >= 4 is 225 Å². The summed E-state index contributed by atoms with van der Waals surface area (Å²) in [4.78, 5) is 7.05. The Bertz CT molecular complexity index is 9970. The van der Waals surface area contributed by atoms with Gasteiger partial charge < -0.3 is 32.4 Å². The molecule has 0 fully saturated rings. The molecule has 0 aliphatic carbocycles. The SMILES string of the molecule is c1ccc(-c2ccc(N(c3cccc(-c4ccccc4)c3)c3ccc4oc5ccc6ccc7ccccc7c6c5c4c3)cc2)cc1.c1ccc(-c2cccc(N(c3ccc(-c4ccc5ccccc5c4)cc3)c3cccc4c3oc3ccc5ccc6ccccc6c5c34)c2)cc1.c1ccc2c(N(c3ccc4oc5ccccc5c4c3)c3ccc4oc5ccc6ccc7ccccc7c6c5c4c3)cccc2c1. The predicted molar refractivity (Wildman–Crippen MR) is 594 cm³/mol. The number of rotatable bonds is 13. The van der Waals surface area contributed by atoms with Crippen LogP contribution in [0.15, 0.2) is 533 Å². The fraction of sp³-hybridized carbons (Fsp3) is 0. The molecule has 0 unspecified atom stereocenters. The smallest absolute Gasteiger partial charge is 0.159 e. The molecule has 0 saturated carbocycles. The molecule has 0 radical (unpaired) electrons. The lowest BCUT2D eigenvalue weighted by molar-refractivity contribution is 0.668. The van der Waals surface area contributed by atoms with Gasteiger partial charge in [-0.15, -0.1) is 0 Å². The Balaban J connectivity index is 0.000000106. The molecule has 0 bridgehead atoms. The fourth-order valence-corrected chi connectivity index (χ4v) is 21.6. The highest BCUT2D eigenvalue weighted by Gasteiger charge is 2.27. The van der Waals surface area contributed by atoms with Gasteiger partial charge in [0.1, 0.15) is 39.1 Å². The standard InChI is InChI=1S/C48H31NO.C44H29NO.C42H25NO2/c1-2-10-32(11-3-1)38-15-8-16-41(31-38)49(40-27-24-34(25-28-40)39-23-20-33-12-4-5-14-37(33)30-39)44-19-9-18-43-47-45(50-48(43)44)29-26-36-22-21-35-13-6-7-17-42(35)46(36)47;1-3-10-30(11-4-1)32-20-23-36(24-21-32)45(37-16-9-15-35(28-37)31-12-5-2-6-13-31)38-25-27-41-40(29-38)44-42(46-41)26-22-34-19-18-33-14-7-8-17-39(33)43(34)44;1-3-11-31-26(8-1)10-7-14-36(31)43(29-19-22-38-34(24-29)33-13-5-6-15-37(33)44-38)30-20-23-39-35(25-30)42-40(45-39)21-18-28-17-16-27-9-2-4-12-32(27)41(28)42/h1-31H;1-29H;1-25H. The molecule has 7 heteroatoms. The summed E-state index contributed by atoms with van der Waals surface area (Å²) in [7, 11) is 0. The van der Waals surface area contributed by atoms with Crippen molar-refractivity contribution < 1.29 is 17.7 Å². The van der Waals surface area contributed by atoms with Gasteiger partial charge in [0.15, 0.2) is 5.58 Å². The summed E-state index contributed by atoms with van der Waals surface area (Å²) in [5.74, 6) is 0. The minimum atomic E-state index is 0.867. The van der Waals surface area contributed by atoms with E-state index in [-0.39, 0.29) is 0 Å². The van der Waals surface area contributed by atoms with Crippen molar-refractivity contribution in [2.45, 2.75) is 0 Å².